The van der Waals surface area contributed by atoms with Gasteiger partial charge >= 0.3 is 12.1 Å². The first-order valence-corrected chi connectivity index (χ1v) is 4.40. The number of ether oxygens (including phenoxy) is 2. The molecule has 0 aromatic rings. The number of rotatable bonds is 5. The Kier molecular flexibility index (Phi) is 13.2. The van der Waals surface area contributed by atoms with Crippen molar-refractivity contribution in [3.63, 3.8) is 0 Å². The molecule has 0 spiro atoms. The molecule has 6 nitrogen and oxygen atoms in total. The molecule has 3 N–H and O–H groups in total. The van der Waals surface area contributed by atoms with Gasteiger partial charge in [0.1, 0.15) is 0 Å². The molecule has 0 unspecified atom stereocenters. The van der Waals surface area contributed by atoms with E-state index in [9.17, 15) is 9.59 Å². The van der Waals surface area contributed by atoms with Crippen molar-refractivity contribution in [1.82, 2.24) is 0 Å². The Bertz CT molecular complexity index is 193. The zero-order valence-electron chi connectivity index (χ0n) is 8.77. The van der Waals surface area contributed by atoms with Gasteiger partial charge in [0.15, 0.2) is 0 Å². The molecule has 0 aromatic carbocycles. The van der Waals surface area contributed by atoms with E-state index >= 15 is 0 Å². The van der Waals surface area contributed by atoms with E-state index in [1.165, 1.54) is 0 Å². The Morgan fingerprint density at radius 3 is 2.33 bits per heavy atom. The molecule has 6 heteroatoms. The van der Waals surface area contributed by atoms with Crippen LogP contribution < -0.4 is 5.73 Å². The first kappa shape index (κ1) is 15.9. The molecule has 88 valence electrons. The molecule has 0 saturated carbocycles. The number of nitrogens with two attached hydrogens (primary N) is 1. The van der Waals surface area contributed by atoms with Gasteiger partial charge in [-0.15, -0.1) is 0 Å². The van der Waals surface area contributed by atoms with E-state index in [0.717, 1.165) is 6.08 Å². The topological polar surface area (TPSA) is 98.8 Å². The molecule has 0 heterocycles. The highest BCUT2D eigenvalue weighted by Gasteiger charge is 1.91. The van der Waals surface area contributed by atoms with Crippen LogP contribution in [0.3, 0.4) is 0 Å². The summed E-state index contributed by atoms with van der Waals surface area (Å²) >= 11 is 0. The van der Waals surface area contributed by atoms with Crippen molar-refractivity contribution in [3.05, 3.63) is 12.7 Å². The fourth-order valence-corrected chi connectivity index (χ4v) is 0.438. The van der Waals surface area contributed by atoms with Gasteiger partial charge in [0.05, 0.1) is 13.2 Å². The molecule has 1 amide bonds. The number of primary amides is 1. The van der Waals surface area contributed by atoms with E-state index < -0.39 is 12.1 Å². The van der Waals surface area contributed by atoms with E-state index in [0.29, 0.717) is 13.0 Å². The highest BCUT2D eigenvalue weighted by atomic mass is 16.5. The Morgan fingerprint density at radius 2 is 2.07 bits per heavy atom. The van der Waals surface area contributed by atoms with Gasteiger partial charge in [-0.05, 0) is 6.92 Å². The zero-order valence-corrected chi connectivity index (χ0v) is 8.77. The van der Waals surface area contributed by atoms with Gasteiger partial charge < -0.3 is 20.3 Å². The Balaban J connectivity index is 0. The minimum Gasteiger partial charge on any atom is -0.462 e. The van der Waals surface area contributed by atoms with Gasteiger partial charge in [-0.25, -0.2) is 9.59 Å². The van der Waals surface area contributed by atoms with Crippen molar-refractivity contribution in [2.24, 2.45) is 5.73 Å². The quantitative estimate of drug-likeness (QED) is 0.391. The molecule has 0 aliphatic carbocycles. The van der Waals surface area contributed by atoms with Crippen molar-refractivity contribution in [1.29, 1.82) is 0 Å². The smallest absolute Gasteiger partial charge is 0.404 e. The van der Waals surface area contributed by atoms with Crippen LogP contribution in [0.2, 0.25) is 0 Å². The third-order valence-corrected chi connectivity index (χ3v) is 1.00. The maximum absolute atomic E-state index is 10.3. The minimum atomic E-state index is -0.711. The van der Waals surface area contributed by atoms with E-state index in [-0.39, 0.29) is 13.2 Å². The number of carbonyl (C=O) groups excluding carboxylic acids is 2. The van der Waals surface area contributed by atoms with Crippen molar-refractivity contribution in [3.8, 4) is 0 Å². The molecule has 15 heavy (non-hydrogen) atoms. The standard InChI is InChI=1S/C6H10O3.C3H7NO2/c1-2-6(8)9-5-3-4-7;1-2-6-3(4)5/h2,7H,1,3-5H2;2H2,1H3,(H2,4,5). The summed E-state index contributed by atoms with van der Waals surface area (Å²) in [5.74, 6) is -0.441. The number of aliphatic hydroxyl groups excluding tert-OH is 1. The predicted octanol–water partition coefficient (Wildman–Crippen LogP) is 0.200. The lowest BCUT2D eigenvalue weighted by atomic mass is 10.5. The number of hydrogen-bond acceptors (Lipinski definition) is 5. The Morgan fingerprint density at radius 1 is 1.47 bits per heavy atom. The molecular formula is C9H17NO5. The fraction of sp³-hybridized carbons (Fsp3) is 0.556. The van der Waals surface area contributed by atoms with Crippen LogP contribution in [-0.4, -0.2) is 37.0 Å². The Labute approximate surface area is 88.7 Å². The third kappa shape index (κ3) is 19.0. The van der Waals surface area contributed by atoms with Gasteiger partial charge in [0.2, 0.25) is 0 Å². The summed E-state index contributed by atoms with van der Waals surface area (Å²) in [5.41, 5.74) is 4.54. The predicted molar refractivity (Wildman–Crippen MR) is 54.1 cm³/mol. The van der Waals surface area contributed by atoms with Crippen molar-refractivity contribution in [2.75, 3.05) is 19.8 Å². The molecular weight excluding hydrogens is 202 g/mol. The molecule has 0 bridgehead atoms. The van der Waals surface area contributed by atoms with Crippen LogP contribution in [0.4, 0.5) is 4.79 Å². The van der Waals surface area contributed by atoms with Crippen molar-refractivity contribution < 1.29 is 24.2 Å². The van der Waals surface area contributed by atoms with E-state index in [1.54, 1.807) is 6.92 Å². The number of hydrogen-bond donors (Lipinski definition) is 2. The van der Waals surface area contributed by atoms with Crippen molar-refractivity contribution in [2.45, 2.75) is 13.3 Å². The fourth-order valence-electron chi connectivity index (χ4n) is 0.438. The van der Waals surface area contributed by atoms with Crippen molar-refractivity contribution >= 4 is 12.1 Å². The lowest BCUT2D eigenvalue weighted by molar-refractivity contribution is -0.137. The molecule has 0 fully saturated rings. The number of amides is 1. The van der Waals surface area contributed by atoms with Gasteiger partial charge in [0.25, 0.3) is 0 Å². The van der Waals surface area contributed by atoms with Crippen LogP contribution in [0.1, 0.15) is 13.3 Å². The first-order chi connectivity index (χ1) is 7.08. The summed E-state index contributed by atoms with van der Waals surface area (Å²) in [4.78, 5) is 19.9. The lowest BCUT2D eigenvalue weighted by Crippen LogP contribution is -2.11. The van der Waals surface area contributed by atoms with Crippen LogP contribution in [0.25, 0.3) is 0 Å². The monoisotopic (exact) mass is 219 g/mol. The number of aliphatic hydroxyl groups is 1. The van der Waals surface area contributed by atoms with Crippen LogP contribution in [0, 0.1) is 0 Å². The molecule has 0 atom stereocenters. The average Bonchev–Trinajstić information content (AvgIpc) is 2.18. The van der Waals surface area contributed by atoms with E-state index in [2.05, 4.69) is 21.8 Å². The summed E-state index contributed by atoms with van der Waals surface area (Å²) in [6.45, 7) is 5.57. The molecule has 0 radical (unpaired) electrons. The second-order valence-electron chi connectivity index (χ2n) is 2.20. The number of carbonyl (C=O) groups is 2. The largest absolute Gasteiger partial charge is 0.462 e. The maximum atomic E-state index is 10.3. The van der Waals surface area contributed by atoms with Gasteiger partial charge in [-0.2, -0.15) is 0 Å². The van der Waals surface area contributed by atoms with E-state index in [1.807, 2.05) is 0 Å². The Hall–Kier alpha value is -1.56. The summed E-state index contributed by atoms with van der Waals surface area (Å²) < 4.78 is 8.70. The van der Waals surface area contributed by atoms with Crippen LogP contribution in [-0.2, 0) is 14.3 Å². The van der Waals surface area contributed by atoms with Crippen LogP contribution >= 0.6 is 0 Å². The normalized spacial score (nSPS) is 8.13. The molecule has 0 aromatic heterocycles. The number of esters is 1. The van der Waals surface area contributed by atoms with Gasteiger partial charge in [0, 0.05) is 19.1 Å². The second-order valence-corrected chi connectivity index (χ2v) is 2.20. The van der Waals surface area contributed by atoms with E-state index in [4.69, 9.17) is 5.11 Å². The summed E-state index contributed by atoms with van der Waals surface area (Å²) in [7, 11) is 0. The SMILES string of the molecule is C=CC(=O)OCCCO.CCOC(N)=O. The summed E-state index contributed by atoms with van der Waals surface area (Å²) in [5, 5.41) is 8.23. The van der Waals surface area contributed by atoms with Crippen LogP contribution in [0.5, 0.6) is 0 Å². The third-order valence-electron chi connectivity index (χ3n) is 1.00. The maximum Gasteiger partial charge on any atom is 0.404 e. The summed E-state index contributed by atoms with van der Waals surface area (Å²) in [6.07, 6.45) is 0.870. The van der Waals surface area contributed by atoms with Gasteiger partial charge in [-0.3, -0.25) is 0 Å². The highest BCUT2D eigenvalue weighted by Crippen LogP contribution is 1.82. The van der Waals surface area contributed by atoms with Gasteiger partial charge in [-0.1, -0.05) is 6.58 Å². The highest BCUT2D eigenvalue weighted by molar-refractivity contribution is 5.81. The molecule has 0 saturated heterocycles. The molecule has 0 aliphatic heterocycles. The van der Waals surface area contributed by atoms with Crippen LogP contribution in [0.15, 0.2) is 12.7 Å². The zero-order chi connectivity index (χ0) is 12.1. The minimum absolute atomic E-state index is 0.0461. The average molecular weight is 219 g/mol. The lowest BCUT2D eigenvalue weighted by Gasteiger charge is -1.96. The molecule has 0 aliphatic rings. The summed E-state index contributed by atoms with van der Waals surface area (Å²) in [6, 6.07) is 0. The second kappa shape index (κ2) is 12.4. The molecule has 0 rings (SSSR count). The first-order valence-electron chi connectivity index (χ1n) is 4.40.